The predicted molar refractivity (Wildman–Crippen MR) is 82.8 cm³/mol. The van der Waals surface area contributed by atoms with E-state index in [0.717, 1.165) is 18.4 Å². The number of thiocarbonyl (C=S) groups is 1. The smallest absolute Gasteiger partial charge is 0.260 e. The van der Waals surface area contributed by atoms with Gasteiger partial charge in [-0.1, -0.05) is 37.2 Å². The van der Waals surface area contributed by atoms with E-state index in [1.54, 1.807) is 19.1 Å². The summed E-state index contributed by atoms with van der Waals surface area (Å²) in [5.41, 5.74) is 6.32. The van der Waals surface area contributed by atoms with Gasteiger partial charge in [-0.25, -0.2) is 0 Å². The fraction of sp³-hybridized carbons (Fsp3) is 0.467. The van der Waals surface area contributed by atoms with E-state index in [-0.39, 0.29) is 5.91 Å². The molecule has 1 saturated carbocycles. The zero-order valence-electron chi connectivity index (χ0n) is 11.6. The van der Waals surface area contributed by atoms with E-state index in [4.69, 9.17) is 22.7 Å². The summed E-state index contributed by atoms with van der Waals surface area (Å²) in [6.07, 6.45) is 3.98. The molecule has 1 unspecified atom stereocenters. The van der Waals surface area contributed by atoms with Crippen LogP contribution in [0.5, 0.6) is 5.75 Å². The van der Waals surface area contributed by atoms with E-state index in [0.29, 0.717) is 16.8 Å². The van der Waals surface area contributed by atoms with Crippen molar-refractivity contribution in [1.82, 2.24) is 5.32 Å². The lowest BCUT2D eigenvalue weighted by Gasteiger charge is -2.18. The maximum Gasteiger partial charge on any atom is 0.260 e. The lowest BCUT2D eigenvalue weighted by Crippen LogP contribution is -2.41. The van der Waals surface area contributed by atoms with Crippen LogP contribution in [0.3, 0.4) is 0 Å². The minimum Gasteiger partial charge on any atom is -0.481 e. The molecule has 0 radical (unpaired) electrons. The van der Waals surface area contributed by atoms with Crippen molar-refractivity contribution in [3.8, 4) is 5.75 Å². The summed E-state index contributed by atoms with van der Waals surface area (Å²) < 4.78 is 5.65. The Morgan fingerprint density at radius 1 is 1.45 bits per heavy atom. The molecule has 0 bridgehead atoms. The highest BCUT2D eigenvalue weighted by atomic mass is 32.1. The predicted octanol–water partition coefficient (Wildman–Crippen LogP) is 2.15. The molecule has 0 aromatic heterocycles. The topological polar surface area (TPSA) is 64.3 Å². The largest absolute Gasteiger partial charge is 0.481 e. The van der Waals surface area contributed by atoms with Crippen LogP contribution in [0.25, 0.3) is 0 Å². The molecule has 1 atom stereocenters. The molecular weight excluding hydrogens is 272 g/mol. The van der Waals surface area contributed by atoms with Gasteiger partial charge in [-0.3, -0.25) is 4.79 Å². The van der Waals surface area contributed by atoms with Crippen LogP contribution in [-0.4, -0.2) is 23.0 Å². The number of ether oxygens (including phenoxy) is 1. The summed E-state index contributed by atoms with van der Waals surface area (Å²) >= 11 is 4.93. The van der Waals surface area contributed by atoms with Crippen molar-refractivity contribution in [2.75, 3.05) is 0 Å². The van der Waals surface area contributed by atoms with E-state index < -0.39 is 6.10 Å². The van der Waals surface area contributed by atoms with Crippen LogP contribution >= 0.6 is 12.2 Å². The lowest BCUT2D eigenvalue weighted by molar-refractivity contribution is -0.127. The normalized spacial score (nSPS) is 16.6. The number of benzene rings is 1. The minimum atomic E-state index is -0.530. The first kappa shape index (κ1) is 14.8. The molecule has 1 aromatic carbocycles. The molecule has 0 aliphatic heterocycles. The second-order valence-electron chi connectivity index (χ2n) is 5.14. The van der Waals surface area contributed by atoms with Crippen LogP contribution in [0.2, 0.25) is 0 Å². The van der Waals surface area contributed by atoms with Gasteiger partial charge in [0.05, 0.1) is 0 Å². The monoisotopic (exact) mass is 292 g/mol. The van der Waals surface area contributed by atoms with Gasteiger partial charge >= 0.3 is 0 Å². The third kappa shape index (κ3) is 3.93. The zero-order chi connectivity index (χ0) is 14.5. The Labute approximate surface area is 124 Å². The lowest BCUT2D eigenvalue weighted by atomic mass is 10.2. The standard InChI is InChI=1S/C15H20N2O2S/c1-10(15(18)17-12-6-2-3-7-12)19-13-8-4-5-11(9-13)14(16)20/h4-5,8-10,12H,2-3,6-7H2,1H3,(H2,16,20)(H,17,18). The third-order valence-electron chi connectivity index (χ3n) is 3.50. The number of amides is 1. The number of rotatable bonds is 5. The number of hydrogen-bond acceptors (Lipinski definition) is 3. The molecule has 1 fully saturated rings. The van der Waals surface area contributed by atoms with Crippen molar-refractivity contribution in [3.63, 3.8) is 0 Å². The Morgan fingerprint density at radius 3 is 2.80 bits per heavy atom. The van der Waals surface area contributed by atoms with Crippen LogP contribution in [0.4, 0.5) is 0 Å². The molecule has 108 valence electrons. The quantitative estimate of drug-likeness (QED) is 0.816. The Balaban J connectivity index is 1.92. The van der Waals surface area contributed by atoms with E-state index >= 15 is 0 Å². The number of carbonyl (C=O) groups is 1. The highest BCUT2D eigenvalue weighted by Gasteiger charge is 2.21. The number of hydrogen-bond donors (Lipinski definition) is 2. The van der Waals surface area contributed by atoms with Crippen molar-refractivity contribution in [2.45, 2.75) is 44.8 Å². The molecule has 4 nitrogen and oxygen atoms in total. The van der Waals surface area contributed by atoms with E-state index in [2.05, 4.69) is 5.32 Å². The fourth-order valence-electron chi connectivity index (χ4n) is 2.37. The molecular formula is C15H20N2O2S. The average Bonchev–Trinajstić information content (AvgIpc) is 2.91. The number of carbonyl (C=O) groups excluding carboxylic acids is 1. The maximum absolute atomic E-state index is 12.0. The highest BCUT2D eigenvalue weighted by molar-refractivity contribution is 7.80. The van der Waals surface area contributed by atoms with Crippen LogP contribution in [0, 0.1) is 0 Å². The Kier molecular flexibility index (Phi) is 4.95. The summed E-state index contributed by atoms with van der Waals surface area (Å²) in [6, 6.07) is 7.48. The van der Waals surface area contributed by atoms with Crippen LogP contribution < -0.4 is 15.8 Å². The van der Waals surface area contributed by atoms with Crippen molar-refractivity contribution in [2.24, 2.45) is 5.73 Å². The first-order valence-corrected chi connectivity index (χ1v) is 7.34. The number of nitrogens with one attached hydrogen (secondary N) is 1. The molecule has 20 heavy (non-hydrogen) atoms. The molecule has 1 aliphatic carbocycles. The van der Waals surface area contributed by atoms with Crippen LogP contribution in [0.15, 0.2) is 24.3 Å². The molecule has 0 saturated heterocycles. The molecule has 1 aromatic rings. The molecule has 1 aliphatic rings. The van der Waals surface area contributed by atoms with Gasteiger partial charge in [0.1, 0.15) is 10.7 Å². The highest BCUT2D eigenvalue weighted by Crippen LogP contribution is 2.19. The van der Waals surface area contributed by atoms with E-state index in [9.17, 15) is 4.79 Å². The molecule has 2 rings (SSSR count). The Bertz CT molecular complexity index is 498. The Hall–Kier alpha value is -1.62. The van der Waals surface area contributed by atoms with Crippen molar-refractivity contribution < 1.29 is 9.53 Å². The van der Waals surface area contributed by atoms with Gasteiger partial charge < -0.3 is 15.8 Å². The van der Waals surface area contributed by atoms with Crippen molar-refractivity contribution >= 4 is 23.1 Å². The van der Waals surface area contributed by atoms with Gasteiger partial charge in [-0.05, 0) is 31.9 Å². The summed E-state index contributed by atoms with van der Waals surface area (Å²) in [7, 11) is 0. The molecule has 5 heteroatoms. The first-order chi connectivity index (χ1) is 9.56. The van der Waals surface area contributed by atoms with Gasteiger partial charge in [-0.15, -0.1) is 0 Å². The van der Waals surface area contributed by atoms with E-state index in [1.807, 2.05) is 12.1 Å². The van der Waals surface area contributed by atoms with E-state index in [1.165, 1.54) is 12.8 Å². The van der Waals surface area contributed by atoms with Crippen molar-refractivity contribution in [1.29, 1.82) is 0 Å². The van der Waals surface area contributed by atoms with Gasteiger partial charge in [-0.2, -0.15) is 0 Å². The second kappa shape index (κ2) is 6.70. The molecule has 0 spiro atoms. The average molecular weight is 292 g/mol. The maximum atomic E-state index is 12.0. The zero-order valence-corrected chi connectivity index (χ0v) is 12.4. The summed E-state index contributed by atoms with van der Waals surface area (Å²) in [5.74, 6) is 0.530. The second-order valence-corrected chi connectivity index (χ2v) is 5.58. The van der Waals surface area contributed by atoms with Gasteiger partial charge in [0.15, 0.2) is 6.10 Å². The van der Waals surface area contributed by atoms with Crippen molar-refractivity contribution in [3.05, 3.63) is 29.8 Å². The molecule has 3 N–H and O–H groups in total. The summed E-state index contributed by atoms with van der Waals surface area (Å²) in [5, 5.41) is 3.02. The Morgan fingerprint density at radius 2 is 2.15 bits per heavy atom. The van der Waals surface area contributed by atoms with Gasteiger partial charge in [0.25, 0.3) is 5.91 Å². The molecule has 1 amide bonds. The van der Waals surface area contributed by atoms with Crippen LogP contribution in [0.1, 0.15) is 38.2 Å². The number of nitrogens with two attached hydrogens (primary N) is 1. The SMILES string of the molecule is CC(Oc1cccc(C(N)=S)c1)C(=O)NC1CCCC1. The molecule has 0 heterocycles. The van der Waals surface area contributed by atoms with Gasteiger partial charge in [0.2, 0.25) is 0 Å². The first-order valence-electron chi connectivity index (χ1n) is 6.93. The summed E-state index contributed by atoms with van der Waals surface area (Å²) in [6.45, 7) is 1.75. The van der Waals surface area contributed by atoms with Gasteiger partial charge in [0, 0.05) is 11.6 Å². The third-order valence-corrected chi connectivity index (χ3v) is 3.74. The van der Waals surface area contributed by atoms with Crippen LogP contribution in [-0.2, 0) is 4.79 Å². The fourth-order valence-corrected chi connectivity index (χ4v) is 2.50. The minimum absolute atomic E-state index is 0.0716. The summed E-state index contributed by atoms with van der Waals surface area (Å²) in [4.78, 5) is 12.4.